The molecule has 0 atom stereocenters. The van der Waals surface area contributed by atoms with Gasteiger partial charge in [-0.1, -0.05) is 18.2 Å². The lowest BCUT2D eigenvalue weighted by Gasteiger charge is -2.08. The highest BCUT2D eigenvalue weighted by Crippen LogP contribution is 2.17. The fourth-order valence-electron chi connectivity index (χ4n) is 2.30. The smallest absolute Gasteiger partial charge is 0.213 e. The van der Waals surface area contributed by atoms with Crippen molar-refractivity contribution in [2.45, 2.75) is 6.92 Å². The molecule has 0 aliphatic carbocycles. The maximum atomic E-state index is 5.05. The molecule has 0 fully saturated rings. The molecule has 0 spiro atoms. The Balaban J connectivity index is 1.91. The van der Waals surface area contributed by atoms with E-state index < -0.39 is 0 Å². The molecule has 0 saturated heterocycles. The standard InChI is InChI=1S/C18H17N3O/c1-14-8-10-17(21(14)16-6-4-3-5-7-16)13-19-15-9-11-18(22-2)20-12-15/h3-13H,1-2H3. The van der Waals surface area contributed by atoms with Crippen molar-refractivity contribution < 1.29 is 4.74 Å². The topological polar surface area (TPSA) is 39.4 Å². The number of aliphatic imine (C=N–C) groups is 1. The largest absolute Gasteiger partial charge is 0.481 e. The number of aryl methyl sites for hydroxylation is 1. The van der Waals surface area contributed by atoms with Gasteiger partial charge in [0.05, 0.1) is 30.9 Å². The van der Waals surface area contributed by atoms with Crippen LogP contribution in [0.4, 0.5) is 5.69 Å². The monoisotopic (exact) mass is 291 g/mol. The third-order valence-corrected chi connectivity index (χ3v) is 3.40. The van der Waals surface area contributed by atoms with Crippen LogP contribution in [0, 0.1) is 6.92 Å². The van der Waals surface area contributed by atoms with Gasteiger partial charge in [-0.3, -0.25) is 4.99 Å². The second kappa shape index (κ2) is 6.26. The summed E-state index contributed by atoms with van der Waals surface area (Å²) in [6.07, 6.45) is 3.54. The Bertz CT molecular complexity index is 774. The minimum atomic E-state index is 0.586. The van der Waals surface area contributed by atoms with Gasteiger partial charge in [0.15, 0.2) is 0 Å². The second-order valence-electron chi connectivity index (χ2n) is 4.89. The minimum absolute atomic E-state index is 0.586. The molecular formula is C18H17N3O. The Labute approximate surface area is 129 Å². The molecule has 4 heteroatoms. The summed E-state index contributed by atoms with van der Waals surface area (Å²) in [5.74, 6) is 0.586. The molecule has 1 aromatic carbocycles. The SMILES string of the molecule is COc1ccc(N=Cc2ccc(C)n2-c2ccccc2)cn1. The number of pyridine rings is 1. The lowest BCUT2D eigenvalue weighted by molar-refractivity contribution is 0.398. The van der Waals surface area contributed by atoms with Crippen molar-refractivity contribution >= 4 is 11.9 Å². The summed E-state index contributed by atoms with van der Waals surface area (Å²) in [6, 6.07) is 18.1. The molecule has 0 bridgehead atoms. The van der Waals surface area contributed by atoms with E-state index >= 15 is 0 Å². The number of para-hydroxylation sites is 1. The van der Waals surface area contributed by atoms with E-state index in [2.05, 4.69) is 45.7 Å². The number of hydrogen-bond donors (Lipinski definition) is 0. The number of methoxy groups -OCH3 is 1. The highest BCUT2D eigenvalue weighted by Gasteiger charge is 2.05. The van der Waals surface area contributed by atoms with Crippen LogP contribution in [0.2, 0.25) is 0 Å². The summed E-state index contributed by atoms with van der Waals surface area (Å²) in [5.41, 5.74) is 4.11. The van der Waals surface area contributed by atoms with Crippen molar-refractivity contribution in [1.29, 1.82) is 0 Å². The lowest BCUT2D eigenvalue weighted by atomic mass is 10.3. The molecular weight excluding hydrogens is 274 g/mol. The fraction of sp³-hybridized carbons (Fsp3) is 0.111. The Morgan fingerprint density at radius 3 is 2.55 bits per heavy atom. The van der Waals surface area contributed by atoms with Crippen LogP contribution in [0.5, 0.6) is 5.88 Å². The van der Waals surface area contributed by atoms with Gasteiger partial charge in [0.25, 0.3) is 0 Å². The summed E-state index contributed by atoms with van der Waals surface area (Å²) in [7, 11) is 1.60. The van der Waals surface area contributed by atoms with E-state index in [0.29, 0.717) is 5.88 Å². The Morgan fingerprint density at radius 2 is 1.86 bits per heavy atom. The molecule has 2 heterocycles. The van der Waals surface area contributed by atoms with E-state index in [1.807, 2.05) is 30.5 Å². The average molecular weight is 291 g/mol. The molecule has 0 N–H and O–H groups in total. The zero-order valence-corrected chi connectivity index (χ0v) is 12.6. The van der Waals surface area contributed by atoms with Gasteiger partial charge in [-0.05, 0) is 37.3 Å². The number of hydrogen-bond acceptors (Lipinski definition) is 3. The van der Waals surface area contributed by atoms with Crippen molar-refractivity contribution in [3.05, 3.63) is 72.2 Å². The molecule has 0 unspecified atom stereocenters. The molecule has 110 valence electrons. The summed E-state index contributed by atoms with van der Waals surface area (Å²) in [5, 5.41) is 0. The van der Waals surface area contributed by atoms with Crippen LogP contribution in [0.15, 0.2) is 65.8 Å². The average Bonchev–Trinajstić information content (AvgIpc) is 2.95. The van der Waals surface area contributed by atoms with Crippen molar-refractivity contribution in [3.8, 4) is 11.6 Å². The summed E-state index contributed by atoms with van der Waals surface area (Å²) < 4.78 is 7.21. The molecule has 0 aliphatic rings. The van der Waals surface area contributed by atoms with E-state index in [0.717, 1.165) is 17.1 Å². The molecule has 0 saturated carbocycles. The highest BCUT2D eigenvalue weighted by atomic mass is 16.5. The Morgan fingerprint density at radius 1 is 1.05 bits per heavy atom. The van der Waals surface area contributed by atoms with Gasteiger partial charge < -0.3 is 9.30 Å². The zero-order chi connectivity index (χ0) is 15.4. The van der Waals surface area contributed by atoms with Crippen molar-refractivity contribution in [2.24, 2.45) is 4.99 Å². The van der Waals surface area contributed by atoms with Gasteiger partial charge >= 0.3 is 0 Å². The van der Waals surface area contributed by atoms with Crippen LogP contribution in [-0.4, -0.2) is 22.9 Å². The van der Waals surface area contributed by atoms with Crippen LogP contribution in [0.3, 0.4) is 0 Å². The number of rotatable bonds is 4. The van der Waals surface area contributed by atoms with Crippen LogP contribution < -0.4 is 4.74 Å². The summed E-state index contributed by atoms with van der Waals surface area (Å²) in [4.78, 5) is 8.64. The van der Waals surface area contributed by atoms with Crippen LogP contribution in [-0.2, 0) is 0 Å². The maximum Gasteiger partial charge on any atom is 0.213 e. The van der Waals surface area contributed by atoms with Gasteiger partial charge in [0.2, 0.25) is 5.88 Å². The predicted octanol–water partition coefficient (Wildman–Crippen LogP) is 3.94. The lowest BCUT2D eigenvalue weighted by Crippen LogP contribution is -2.00. The minimum Gasteiger partial charge on any atom is -0.481 e. The predicted molar refractivity (Wildman–Crippen MR) is 88.5 cm³/mol. The van der Waals surface area contributed by atoms with Crippen LogP contribution in [0.1, 0.15) is 11.4 Å². The number of benzene rings is 1. The van der Waals surface area contributed by atoms with Gasteiger partial charge in [0, 0.05) is 17.4 Å². The van der Waals surface area contributed by atoms with E-state index in [-0.39, 0.29) is 0 Å². The van der Waals surface area contributed by atoms with E-state index in [9.17, 15) is 0 Å². The third-order valence-electron chi connectivity index (χ3n) is 3.40. The molecule has 0 aliphatic heterocycles. The fourth-order valence-corrected chi connectivity index (χ4v) is 2.30. The van der Waals surface area contributed by atoms with Crippen LogP contribution in [0.25, 0.3) is 5.69 Å². The maximum absolute atomic E-state index is 5.05. The first-order valence-electron chi connectivity index (χ1n) is 7.06. The molecule has 0 radical (unpaired) electrons. The first-order chi connectivity index (χ1) is 10.8. The highest BCUT2D eigenvalue weighted by molar-refractivity contribution is 5.81. The van der Waals surface area contributed by atoms with Gasteiger partial charge in [-0.15, -0.1) is 0 Å². The number of aromatic nitrogens is 2. The Kier molecular flexibility index (Phi) is 4.01. The molecule has 3 aromatic rings. The van der Waals surface area contributed by atoms with Crippen molar-refractivity contribution in [2.75, 3.05) is 7.11 Å². The van der Waals surface area contributed by atoms with Gasteiger partial charge in [-0.25, -0.2) is 4.98 Å². The molecule has 3 rings (SSSR count). The zero-order valence-electron chi connectivity index (χ0n) is 12.6. The van der Waals surface area contributed by atoms with Gasteiger partial charge in [-0.2, -0.15) is 0 Å². The van der Waals surface area contributed by atoms with Crippen molar-refractivity contribution in [3.63, 3.8) is 0 Å². The quantitative estimate of drug-likeness (QED) is 0.683. The van der Waals surface area contributed by atoms with E-state index in [4.69, 9.17) is 4.74 Å². The van der Waals surface area contributed by atoms with E-state index in [1.54, 1.807) is 19.4 Å². The second-order valence-corrected chi connectivity index (χ2v) is 4.89. The molecule has 22 heavy (non-hydrogen) atoms. The first kappa shape index (κ1) is 14.1. The molecule has 0 amide bonds. The molecule has 2 aromatic heterocycles. The number of nitrogens with zero attached hydrogens (tertiary/aromatic N) is 3. The summed E-state index contributed by atoms with van der Waals surface area (Å²) in [6.45, 7) is 2.08. The van der Waals surface area contributed by atoms with Crippen LogP contribution >= 0.6 is 0 Å². The summed E-state index contributed by atoms with van der Waals surface area (Å²) >= 11 is 0. The normalized spacial score (nSPS) is 11.0. The third kappa shape index (κ3) is 2.91. The van der Waals surface area contributed by atoms with E-state index in [1.165, 1.54) is 5.69 Å². The van der Waals surface area contributed by atoms with Crippen molar-refractivity contribution in [1.82, 2.24) is 9.55 Å². The molecule has 4 nitrogen and oxygen atoms in total. The van der Waals surface area contributed by atoms with Gasteiger partial charge in [0.1, 0.15) is 0 Å². The first-order valence-corrected chi connectivity index (χ1v) is 7.06. The number of ether oxygens (including phenoxy) is 1. The Hall–Kier alpha value is -2.88.